The van der Waals surface area contributed by atoms with Gasteiger partial charge in [0.1, 0.15) is 0 Å². The average Bonchev–Trinajstić information content (AvgIpc) is 2.79. The summed E-state index contributed by atoms with van der Waals surface area (Å²) in [6.45, 7) is 1.10. The van der Waals surface area contributed by atoms with Crippen LogP contribution < -0.4 is 5.73 Å². The zero-order chi connectivity index (χ0) is 12.3. The molecular weight excluding hydrogens is 292 g/mol. The van der Waals surface area contributed by atoms with E-state index < -0.39 is 10.0 Å². The van der Waals surface area contributed by atoms with Crippen LogP contribution in [0.5, 0.6) is 0 Å². The highest BCUT2D eigenvalue weighted by Crippen LogP contribution is 2.16. The molecule has 1 fully saturated rings. The van der Waals surface area contributed by atoms with E-state index in [4.69, 9.17) is 5.73 Å². The number of nitrogens with zero attached hydrogens (tertiary/aromatic N) is 1. The van der Waals surface area contributed by atoms with Gasteiger partial charge in [0.15, 0.2) is 0 Å². The van der Waals surface area contributed by atoms with Crippen LogP contribution in [0.3, 0.4) is 0 Å². The average molecular weight is 311 g/mol. The molecule has 104 valence electrons. The fourth-order valence-electron chi connectivity index (χ4n) is 2.04. The van der Waals surface area contributed by atoms with Crippen LogP contribution in [0.2, 0.25) is 0 Å². The van der Waals surface area contributed by atoms with Crippen LogP contribution in [0.15, 0.2) is 17.5 Å². The summed E-state index contributed by atoms with van der Waals surface area (Å²) in [6, 6.07) is 3.92. The molecule has 1 aliphatic rings. The Morgan fingerprint density at radius 3 is 2.89 bits per heavy atom. The summed E-state index contributed by atoms with van der Waals surface area (Å²) in [4.78, 5) is 1.12. The summed E-state index contributed by atoms with van der Waals surface area (Å²) < 4.78 is 25.8. The summed E-state index contributed by atoms with van der Waals surface area (Å²) in [5, 5.41) is 1.97. The lowest BCUT2D eigenvalue weighted by molar-refractivity contribution is 0.316. The first-order valence-corrected chi connectivity index (χ1v) is 8.32. The van der Waals surface area contributed by atoms with Gasteiger partial charge in [-0.1, -0.05) is 6.07 Å². The van der Waals surface area contributed by atoms with Crippen LogP contribution in [0, 0.1) is 0 Å². The van der Waals surface area contributed by atoms with Gasteiger partial charge in [-0.2, -0.15) is 0 Å². The third-order valence-corrected chi connectivity index (χ3v) is 5.78. The molecule has 7 heteroatoms. The molecule has 2 rings (SSSR count). The number of hydrogen-bond donors (Lipinski definition) is 1. The Balaban J connectivity index is 0.00000162. The van der Waals surface area contributed by atoms with Crippen molar-refractivity contribution in [2.24, 2.45) is 5.73 Å². The molecule has 2 N–H and O–H groups in total. The zero-order valence-electron chi connectivity index (χ0n) is 10.1. The maximum Gasteiger partial charge on any atom is 0.214 e. The minimum atomic E-state index is -3.13. The fraction of sp³-hybridized carbons (Fsp3) is 0.636. The number of halogens is 1. The number of aryl methyl sites for hydroxylation is 1. The van der Waals surface area contributed by atoms with Gasteiger partial charge in [-0.05, 0) is 30.7 Å². The largest absolute Gasteiger partial charge is 0.327 e. The molecule has 1 unspecified atom stereocenters. The first kappa shape index (κ1) is 15.9. The quantitative estimate of drug-likeness (QED) is 0.916. The maximum absolute atomic E-state index is 12.1. The van der Waals surface area contributed by atoms with E-state index in [1.807, 2.05) is 17.5 Å². The third-order valence-electron chi connectivity index (χ3n) is 3.00. The highest BCUT2D eigenvalue weighted by Gasteiger charge is 2.26. The normalized spacial score (nSPS) is 21.5. The second-order valence-electron chi connectivity index (χ2n) is 4.41. The fourth-order valence-corrected chi connectivity index (χ4v) is 4.44. The number of rotatable bonds is 4. The number of sulfonamides is 1. The van der Waals surface area contributed by atoms with Gasteiger partial charge in [-0.15, -0.1) is 23.7 Å². The van der Waals surface area contributed by atoms with E-state index >= 15 is 0 Å². The topological polar surface area (TPSA) is 63.4 Å². The number of thiophene rings is 1. The van der Waals surface area contributed by atoms with E-state index in [1.54, 1.807) is 15.6 Å². The molecule has 1 saturated heterocycles. The van der Waals surface area contributed by atoms with E-state index in [0.717, 1.165) is 17.7 Å². The second kappa shape index (κ2) is 6.86. The molecule has 1 aromatic rings. The summed E-state index contributed by atoms with van der Waals surface area (Å²) in [5.41, 5.74) is 5.81. The second-order valence-corrected chi connectivity index (χ2v) is 7.53. The molecule has 1 atom stereocenters. The molecule has 4 nitrogen and oxygen atoms in total. The van der Waals surface area contributed by atoms with Gasteiger partial charge >= 0.3 is 0 Å². The molecule has 0 bridgehead atoms. The molecule has 0 radical (unpaired) electrons. The molecule has 0 amide bonds. The standard InChI is InChI=1S/C11H18N2O2S2.ClH/c12-10-3-1-6-13(9-10)17(14,15)8-5-11-4-2-7-16-11;/h2,4,7,10H,1,3,5-6,8-9,12H2;1H. The molecule has 0 aromatic carbocycles. The Kier molecular flexibility index (Phi) is 6.07. The highest BCUT2D eigenvalue weighted by atomic mass is 35.5. The Labute approximate surface area is 119 Å². The number of hydrogen-bond acceptors (Lipinski definition) is 4. The SMILES string of the molecule is Cl.NC1CCCN(S(=O)(=O)CCc2cccs2)C1. The molecule has 0 aliphatic carbocycles. The monoisotopic (exact) mass is 310 g/mol. The van der Waals surface area contributed by atoms with E-state index in [0.29, 0.717) is 19.5 Å². The third kappa shape index (κ3) is 4.20. The summed E-state index contributed by atoms with van der Waals surface area (Å²) in [7, 11) is -3.13. The van der Waals surface area contributed by atoms with Gasteiger partial charge in [-0.3, -0.25) is 0 Å². The molecule has 2 heterocycles. The van der Waals surface area contributed by atoms with Crippen molar-refractivity contribution in [3.8, 4) is 0 Å². The van der Waals surface area contributed by atoms with Gasteiger partial charge in [-0.25, -0.2) is 12.7 Å². The molecular formula is C11H19ClN2O2S2. The van der Waals surface area contributed by atoms with Crippen molar-refractivity contribution in [2.75, 3.05) is 18.8 Å². The van der Waals surface area contributed by atoms with Gasteiger partial charge in [0.2, 0.25) is 10.0 Å². The number of nitrogens with two attached hydrogens (primary N) is 1. The van der Waals surface area contributed by atoms with E-state index in [9.17, 15) is 8.42 Å². The molecule has 0 spiro atoms. The smallest absolute Gasteiger partial charge is 0.214 e. The predicted molar refractivity (Wildman–Crippen MR) is 77.8 cm³/mol. The van der Waals surface area contributed by atoms with Crippen molar-refractivity contribution in [1.29, 1.82) is 0 Å². The highest BCUT2D eigenvalue weighted by molar-refractivity contribution is 7.89. The van der Waals surface area contributed by atoms with Crippen molar-refractivity contribution < 1.29 is 8.42 Å². The first-order valence-electron chi connectivity index (χ1n) is 5.84. The molecule has 1 aliphatic heterocycles. The lowest BCUT2D eigenvalue weighted by Crippen LogP contribution is -2.46. The van der Waals surface area contributed by atoms with Crippen LogP contribution in [0.1, 0.15) is 17.7 Å². The number of piperidine rings is 1. The maximum atomic E-state index is 12.1. The minimum absolute atomic E-state index is 0. The lowest BCUT2D eigenvalue weighted by atomic mass is 10.1. The zero-order valence-corrected chi connectivity index (χ0v) is 12.6. The van der Waals surface area contributed by atoms with Crippen molar-refractivity contribution in [3.63, 3.8) is 0 Å². The Morgan fingerprint density at radius 2 is 2.28 bits per heavy atom. The van der Waals surface area contributed by atoms with Gasteiger partial charge in [0, 0.05) is 24.0 Å². The van der Waals surface area contributed by atoms with Gasteiger partial charge in [0.25, 0.3) is 0 Å². The van der Waals surface area contributed by atoms with Crippen molar-refractivity contribution in [2.45, 2.75) is 25.3 Å². The van der Waals surface area contributed by atoms with E-state index in [1.165, 1.54) is 0 Å². The summed E-state index contributed by atoms with van der Waals surface area (Å²) in [6.07, 6.45) is 2.40. The molecule has 1 aromatic heterocycles. The summed E-state index contributed by atoms with van der Waals surface area (Å²) >= 11 is 1.60. The van der Waals surface area contributed by atoms with Crippen LogP contribution in [0.4, 0.5) is 0 Å². The molecule has 18 heavy (non-hydrogen) atoms. The van der Waals surface area contributed by atoms with Crippen LogP contribution in [0.25, 0.3) is 0 Å². The minimum Gasteiger partial charge on any atom is -0.327 e. The predicted octanol–water partition coefficient (Wildman–Crippen LogP) is 1.47. The lowest BCUT2D eigenvalue weighted by Gasteiger charge is -2.29. The van der Waals surface area contributed by atoms with Crippen LogP contribution in [-0.2, 0) is 16.4 Å². The Bertz CT molecular complexity index is 448. The Hall–Kier alpha value is -0.140. The first-order chi connectivity index (χ1) is 8.08. The summed E-state index contributed by atoms with van der Waals surface area (Å²) in [5.74, 6) is 0.195. The van der Waals surface area contributed by atoms with Crippen LogP contribution in [-0.4, -0.2) is 37.6 Å². The molecule has 0 saturated carbocycles. The van der Waals surface area contributed by atoms with Crippen LogP contribution >= 0.6 is 23.7 Å². The van der Waals surface area contributed by atoms with E-state index in [2.05, 4.69) is 0 Å². The van der Waals surface area contributed by atoms with Crippen molar-refractivity contribution in [3.05, 3.63) is 22.4 Å². The van der Waals surface area contributed by atoms with Crippen molar-refractivity contribution >= 4 is 33.8 Å². The van der Waals surface area contributed by atoms with E-state index in [-0.39, 0.29) is 24.2 Å². The Morgan fingerprint density at radius 1 is 1.50 bits per heavy atom. The van der Waals surface area contributed by atoms with Gasteiger partial charge in [0.05, 0.1) is 5.75 Å². The van der Waals surface area contributed by atoms with Crippen molar-refractivity contribution in [1.82, 2.24) is 4.31 Å². The van der Waals surface area contributed by atoms with Gasteiger partial charge < -0.3 is 5.73 Å².